The quantitative estimate of drug-likeness (QED) is 0.891. The molecule has 1 fully saturated rings. The third-order valence-corrected chi connectivity index (χ3v) is 3.63. The molecule has 0 spiro atoms. The van der Waals surface area contributed by atoms with E-state index in [4.69, 9.17) is 5.11 Å². The van der Waals surface area contributed by atoms with Gasteiger partial charge in [-0.05, 0) is 25.3 Å². The molecule has 0 aliphatic heterocycles. The molecule has 98 valence electrons. The number of pyridine rings is 1. The number of nitrogens with zero attached hydrogens (tertiary/aromatic N) is 1. The minimum absolute atomic E-state index is 0.00866. The Balaban J connectivity index is 2.18. The number of carboxylic acids is 1. The number of aromatic nitrogens is 1. The molecule has 1 aromatic rings. The molecule has 4 nitrogen and oxygen atoms in total. The van der Waals surface area contributed by atoms with Crippen LogP contribution < -0.4 is 5.56 Å². The predicted octanol–water partition coefficient (Wildman–Crippen LogP) is 2.37. The molecule has 1 aliphatic rings. The lowest BCUT2D eigenvalue weighted by molar-refractivity contribution is -0.136. The Morgan fingerprint density at radius 3 is 2.72 bits per heavy atom. The molecule has 18 heavy (non-hydrogen) atoms. The topological polar surface area (TPSA) is 59.3 Å². The van der Waals surface area contributed by atoms with Gasteiger partial charge in [0.25, 0.3) is 5.56 Å². The Kier molecular flexibility index (Phi) is 4.18. The first-order valence-corrected chi connectivity index (χ1v) is 6.60. The maximum absolute atomic E-state index is 12.3. The van der Waals surface area contributed by atoms with Gasteiger partial charge in [0, 0.05) is 24.2 Å². The molecule has 0 bridgehead atoms. The van der Waals surface area contributed by atoms with Crippen molar-refractivity contribution in [3.8, 4) is 0 Å². The van der Waals surface area contributed by atoms with Gasteiger partial charge in [-0.3, -0.25) is 9.59 Å². The van der Waals surface area contributed by atoms with Gasteiger partial charge in [-0.15, -0.1) is 0 Å². The summed E-state index contributed by atoms with van der Waals surface area (Å²) < 4.78 is 1.80. The number of aliphatic carboxylic acids is 1. The zero-order chi connectivity index (χ0) is 13.0. The molecule has 1 aromatic heterocycles. The summed E-state index contributed by atoms with van der Waals surface area (Å²) in [5, 5.41) is 8.67. The van der Waals surface area contributed by atoms with Gasteiger partial charge in [-0.1, -0.05) is 25.3 Å². The molecule has 0 atom stereocenters. The Bertz CT molecular complexity index is 472. The van der Waals surface area contributed by atoms with Crippen molar-refractivity contribution in [1.82, 2.24) is 4.57 Å². The van der Waals surface area contributed by atoms with E-state index in [1.807, 2.05) is 12.3 Å². The highest BCUT2D eigenvalue weighted by molar-refractivity contribution is 5.67. The molecular formula is C14H19NO3. The third kappa shape index (κ3) is 3.00. The maximum atomic E-state index is 12.3. The fourth-order valence-electron chi connectivity index (χ4n) is 2.64. The van der Waals surface area contributed by atoms with Crippen LogP contribution in [0.4, 0.5) is 0 Å². The molecule has 1 saturated carbocycles. The van der Waals surface area contributed by atoms with Crippen LogP contribution in [0.5, 0.6) is 0 Å². The number of hydrogen-bond donors (Lipinski definition) is 1. The van der Waals surface area contributed by atoms with Gasteiger partial charge in [0.1, 0.15) is 0 Å². The van der Waals surface area contributed by atoms with Crippen LogP contribution in [-0.4, -0.2) is 15.6 Å². The second kappa shape index (κ2) is 5.85. The van der Waals surface area contributed by atoms with Crippen molar-refractivity contribution in [1.29, 1.82) is 0 Å². The summed E-state index contributed by atoms with van der Waals surface area (Å²) in [5.41, 5.74) is 0.608. The Morgan fingerprint density at radius 1 is 1.33 bits per heavy atom. The van der Waals surface area contributed by atoms with E-state index in [9.17, 15) is 9.59 Å². The largest absolute Gasteiger partial charge is 0.481 e. The molecule has 1 N–H and O–H groups in total. The second-order valence-corrected chi connectivity index (χ2v) is 4.93. The van der Waals surface area contributed by atoms with E-state index in [0.29, 0.717) is 18.0 Å². The zero-order valence-electron chi connectivity index (χ0n) is 10.5. The summed E-state index contributed by atoms with van der Waals surface area (Å²) in [7, 11) is 0. The van der Waals surface area contributed by atoms with Crippen molar-refractivity contribution in [3.63, 3.8) is 0 Å². The fourth-order valence-corrected chi connectivity index (χ4v) is 2.64. The Labute approximate surface area is 106 Å². The van der Waals surface area contributed by atoms with Crippen LogP contribution in [0, 0.1) is 0 Å². The molecular weight excluding hydrogens is 230 g/mol. The van der Waals surface area contributed by atoms with Gasteiger partial charge in [0.15, 0.2) is 0 Å². The van der Waals surface area contributed by atoms with Crippen molar-refractivity contribution in [2.45, 2.75) is 51.0 Å². The molecule has 0 radical (unpaired) electrons. The highest BCUT2D eigenvalue weighted by atomic mass is 16.4. The van der Waals surface area contributed by atoms with Crippen molar-refractivity contribution < 1.29 is 9.90 Å². The monoisotopic (exact) mass is 249 g/mol. The number of carboxylic acid groups (broad SMARTS) is 1. The highest BCUT2D eigenvalue weighted by Crippen LogP contribution is 2.26. The summed E-state index contributed by atoms with van der Waals surface area (Å²) in [6, 6.07) is 3.90. The predicted molar refractivity (Wildman–Crippen MR) is 68.8 cm³/mol. The highest BCUT2D eigenvalue weighted by Gasteiger charge is 2.17. The summed E-state index contributed by atoms with van der Waals surface area (Å²) in [6.45, 7) is 0. The van der Waals surface area contributed by atoms with E-state index < -0.39 is 5.97 Å². The third-order valence-electron chi connectivity index (χ3n) is 3.63. The van der Waals surface area contributed by atoms with Crippen molar-refractivity contribution in [3.05, 3.63) is 34.2 Å². The van der Waals surface area contributed by atoms with Gasteiger partial charge in [-0.25, -0.2) is 0 Å². The number of rotatable bonds is 4. The van der Waals surface area contributed by atoms with Crippen LogP contribution in [-0.2, 0) is 11.2 Å². The maximum Gasteiger partial charge on any atom is 0.303 e. The van der Waals surface area contributed by atoms with Gasteiger partial charge < -0.3 is 9.67 Å². The van der Waals surface area contributed by atoms with Crippen molar-refractivity contribution >= 4 is 5.97 Å². The van der Waals surface area contributed by atoms with Crippen LogP contribution in [0.2, 0.25) is 0 Å². The van der Waals surface area contributed by atoms with E-state index in [-0.39, 0.29) is 12.0 Å². The molecule has 0 aromatic carbocycles. The number of aryl methyl sites for hydroxylation is 1. The summed E-state index contributed by atoms with van der Waals surface area (Å²) in [6.07, 6.45) is 7.90. The van der Waals surface area contributed by atoms with Crippen LogP contribution in [0.15, 0.2) is 23.1 Å². The van der Waals surface area contributed by atoms with Gasteiger partial charge in [0.05, 0.1) is 0 Å². The summed E-state index contributed by atoms with van der Waals surface area (Å²) in [4.78, 5) is 22.8. The summed E-state index contributed by atoms with van der Waals surface area (Å²) in [5.74, 6) is -0.859. The van der Waals surface area contributed by atoms with E-state index in [1.54, 1.807) is 10.6 Å². The average Bonchev–Trinajstić information content (AvgIpc) is 2.38. The lowest BCUT2D eigenvalue weighted by Gasteiger charge is -2.24. The first kappa shape index (κ1) is 12.9. The van der Waals surface area contributed by atoms with Crippen LogP contribution in [0.1, 0.15) is 50.1 Å². The second-order valence-electron chi connectivity index (χ2n) is 4.93. The first-order chi connectivity index (χ1) is 8.68. The van der Waals surface area contributed by atoms with Crippen LogP contribution >= 0.6 is 0 Å². The van der Waals surface area contributed by atoms with E-state index in [2.05, 4.69) is 0 Å². The Morgan fingerprint density at radius 2 is 2.06 bits per heavy atom. The lowest BCUT2D eigenvalue weighted by atomic mass is 9.95. The number of carbonyl (C=O) groups is 1. The molecule has 0 saturated heterocycles. The molecule has 4 heteroatoms. The number of hydrogen-bond acceptors (Lipinski definition) is 2. The van der Waals surface area contributed by atoms with Crippen molar-refractivity contribution in [2.24, 2.45) is 0 Å². The van der Waals surface area contributed by atoms with Gasteiger partial charge >= 0.3 is 5.97 Å². The molecule has 1 heterocycles. The molecule has 1 aliphatic carbocycles. The van der Waals surface area contributed by atoms with Crippen LogP contribution in [0.25, 0.3) is 0 Å². The Hall–Kier alpha value is -1.58. The first-order valence-electron chi connectivity index (χ1n) is 6.60. The minimum Gasteiger partial charge on any atom is -0.481 e. The average molecular weight is 249 g/mol. The van der Waals surface area contributed by atoms with Crippen molar-refractivity contribution in [2.75, 3.05) is 0 Å². The SMILES string of the molecule is O=C(O)CCc1cccn(C2CCCCC2)c1=O. The zero-order valence-corrected chi connectivity index (χ0v) is 10.5. The lowest BCUT2D eigenvalue weighted by Crippen LogP contribution is -2.28. The normalized spacial score (nSPS) is 16.7. The van der Waals surface area contributed by atoms with Gasteiger partial charge in [-0.2, -0.15) is 0 Å². The molecule has 2 rings (SSSR count). The van der Waals surface area contributed by atoms with E-state index in [0.717, 1.165) is 12.8 Å². The van der Waals surface area contributed by atoms with E-state index >= 15 is 0 Å². The van der Waals surface area contributed by atoms with Gasteiger partial charge in [0.2, 0.25) is 0 Å². The van der Waals surface area contributed by atoms with E-state index in [1.165, 1.54) is 19.3 Å². The fraction of sp³-hybridized carbons (Fsp3) is 0.571. The summed E-state index contributed by atoms with van der Waals surface area (Å²) >= 11 is 0. The minimum atomic E-state index is -0.859. The smallest absolute Gasteiger partial charge is 0.303 e. The van der Waals surface area contributed by atoms with Crippen LogP contribution in [0.3, 0.4) is 0 Å². The molecule has 0 unspecified atom stereocenters. The molecule has 0 amide bonds. The standard InChI is InChI=1S/C14H19NO3/c16-13(17)9-8-11-5-4-10-15(14(11)18)12-6-2-1-3-7-12/h4-5,10,12H,1-3,6-9H2,(H,16,17).